The minimum Gasteiger partial charge on any atom is -0.210 e. The molecule has 0 N–H and O–H groups in total. The summed E-state index contributed by atoms with van der Waals surface area (Å²) >= 11 is 0. The van der Waals surface area contributed by atoms with Gasteiger partial charge in [0.05, 0.1) is 17.4 Å². The smallest absolute Gasteiger partial charge is 0.210 e. The molecule has 0 aromatic rings. The van der Waals surface area contributed by atoms with E-state index in [0.29, 0.717) is 29.4 Å². The van der Waals surface area contributed by atoms with Crippen molar-refractivity contribution in [3.05, 3.63) is 11.6 Å². The third-order valence-electron chi connectivity index (χ3n) is 9.23. The molecular formula is C22H29F2NS2. The lowest BCUT2D eigenvalue weighted by Crippen LogP contribution is -2.54. The summed E-state index contributed by atoms with van der Waals surface area (Å²) in [6.07, 6.45) is 9.19. The quantitative estimate of drug-likeness (QED) is 0.349. The van der Waals surface area contributed by atoms with Crippen molar-refractivity contribution in [2.24, 2.45) is 34.5 Å². The number of nitrogens with zero attached hydrogens (tertiary/aromatic N) is 1. The number of allylic oxidation sites excluding steroid dienone is 1. The van der Waals surface area contributed by atoms with Crippen LogP contribution in [-0.4, -0.2) is 16.9 Å². The summed E-state index contributed by atoms with van der Waals surface area (Å²) < 4.78 is 29.0. The van der Waals surface area contributed by atoms with Crippen LogP contribution in [0.2, 0.25) is 0 Å². The Hall–Kier alpha value is -0.210. The highest BCUT2D eigenvalue weighted by Gasteiger charge is 2.64. The molecule has 7 atom stereocenters. The summed E-state index contributed by atoms with van der Waals surface area (Å²) in [5.41, 5.74) is 0.840. The topological polar surface area (TPSA) is 23.8 Å². The van der Waals surface area contributed by atoms with Gasteiger partial charge < -0.3 is 0 Å². The molecule has 1 heterocycles. The molecule has 4 aliphatic carbocycles. The maximum absolute atomic E-state index is 14.3. The molecule has 1 aliphatic heterocycles. The van der Waals surface area contributed by atoms with Crippen molar-refractivity contribution >= 4 is 21.6 Å². The summed E-state index contributed by atoms with van der Waals surface area (Å²) in [6, 6.07) is 2.28. The van der Waals surface area contributed by atoms with Crippen molar-refractivity contribution in [3.8, 4) is 6.07 Å². The second kappa shape index (κ2) is 6.39. The highest BCUT2D eigenvalue weighted by atomic mass is 33.1. The number of hydrogen-bond acceptors (Lipinski definition) is 3. The fraction of sp³-hybridized carbons (Fsp3) is 0.864. The number of nitriles is 1. The van der Waals surface area contributed by atoms with Crippen LogP contribution in [-0.2, 0) is 0 Å². The zero-order valence-electron chi connectivity index (χ0n) is 16.1. The predicted molar refractivity (Wildman–Crippen MR) is 109 cm³/mol. The largest absolute Gasteiger partial charge is 0.245 e. The lowest BCUT2D eigenvalue weighted by molar-refractivity contribution is -0.128. The first-order valence-electron chi connectivity index (χ1n) is 10.7. The molecule has 5 rings (SSSR count). The number of halogens is 2. The average molecular weight is 410 g/mol. The van der Waals surface area contributed by atoms with Crippen molar-refractivity contribution in [2.75, 3.05) is 5.75 Å². The highest BCUT2D eigenvalue weighted by Crippen LogP contribution is 2.69. The molecule has 1 saturated heterocycles. The van der Waals surface area contributed by atoms with E-state index in [4.69, 9.17) is 0 Å². The van der Waals surface area contributed by atoms with Gasteiger partial charge in [-0.15, -0.1) is 0 Å². The van der Waals surface area contributed by atoms with Crippen LogP contribution in [0.4, 0.5) is 8.78 Å². The van der Waals surface area contributed by atoms with Gasteiger partial charge in [0.1, 0.15) is 0 Å². The van der Waals surface area contributed by atoms with E-state index in [2.05, 4.69) is 29.9 Å². The van der Waals surface area contributed by atoms with Gasteiger partial charge >= 0.3 is 0 Å². The van der Waals surface area contributed by atoms with E-state index in [1.54, 1.807) is 5.57 Å². The van der Waals surface area contributed by atoms with E-state index < -0.39 is 17.8 Å². The van der Waals surface area contributed by atoms with Crippen LogP contribution in [0.1, 0.15) is 64.7 Å². The molecule has 27 heavy (non-hydrogen) atoms. The van der Waals surface area contributed by atoms with Gasteiger partial charge in [-0.3, -0.25) is 0 Å². The van der Waals surface area contributed by atoms with E-state index in [9.17, 15) is 14.0 Å². The maximum atomic E-state index is 14.3. The van der Waals surface area contributed by atoms with E-state index in [-0.39, 0.29) is 11.3 Å². The van der Waals surface area contributed by atoms with Gasteiger partial charge in [0.15, 0.2) is 0 Å². The second-order valence-corrected chi connectivity index (χ2v) is 12.8. The summed E-state index contributed by atoms with van der Waals surface area (Å²) in [7, 11) is 4.09. The molecule has 5 aliphatic rings. The average Bonchev–Trinajstić information content (AvgIpc) is 3.27. The van der Waals surface area contributed by atoms with Crippen molar-refractivity contribution < 1.29 is 8.78 Å². The van der Waals surface area contributed by atoms with E-state index in [1.165, 1.54) is 25.0 Å². The third kappa shape index (κ3) is 2.48. The van der Waals surface area contributed by atoms with Gasteiger partial charge in [-0.05, 0) is 81.0 Å². The normalized spacial score (nSPS) is 51.4. The fourth-order valence-corrected chi connectivity index (χ4v) is 11.1. The number of rotatable bonds is 1. The van der Waals surface area contributed by atoms with E-state index in [0.717, 1.165) is 25.7 Å². The summed E-state index contributed by atoms with van der Waals surface area (Å²) in [4.78, 5) is 0. The number of alkyl halides is 2. The van der Waals surface area contributed by atoms with Crippen molar-refractivity contribution in [2.45, 2.75) is 75.9 Å². The highest BCUT2D eigenvalue weighted by molar-refractivity contribution is 8.77. The zero-order chi connectivity index (χ0) is 18.9. The van der Waals surface area contributed by atoms with Gasteiger partial charge in [-0.2, -0.15) is 5.26 Å². The van der Waals surface area contributed by atoms with Crippen molar-refractivity contribution in [1.29, 1.82) is 5.26 Å². The Morgan fingerprint density at radius 1 is 1.11 bits per heavy atom. The Balaban J connectivity index is 1.48. The van der Waals surface area contributed by atoms with Gasteiger partial charge in [0.25, 0.3) is 0 Å². The molecule has 0 bridgehead atoms. The Morgan fingerprint density at radius 2 is 1.96 bits per heavy atom. The van der Waals surface area contributed by atoms with Gasteiger partial charge in [-0.1, -0.05) is 40.2 Å². The molecule has 0 amide bonds. The zero-order valence-corrected chi connectivity index (χ0v) is 17.7. The van der Waals surface area contributed by atoms with Crippen LogP contribution in [0.5, 0.6) is 0 Å². The fourth-order valence-electron chi connectivity index (χ4n) is 7.78. The Morgan fingerprint density at radius 3 is 2.67 bits per heavy atom. The minimum absolute atomic E-state index is 0.0616. The second-order valence-electron chi connectivity index (χ2n) is 9.93. The first-order chi connectivity index (χ1) is 13.0. The summed E-state index contributed by atoms with van der Waals surface area (Å²) in [5.74, 6) is 1.82. The monoisotopic (exact) mass is 409 g/mol. The SMILES string of the molecule is C[C@]12CCC3(C=C1CC[C@H]1[C@@H]4CC[C@@H](C#N)[C@@]4(C(F)F)CC[C@@H]12)CCSS3. The van der Waals surface area contributed by atoms with Crippen molar-refractivity contribution in [1.82, 2.24) is 0 Å². The van der Waals surface area contributed by atoms with Crippen LogP contribution in [0.15, 0.2) is 11.6 Å². The van der Waals surface area contributed by atoms with Gasteiger partial charge in [0.2, 0.25) is 6.43 Å². The van der Waals surface area contributed by atoms with Crippen LogP contribution in [0.3, 0.4) is 0 Å². The molecule has 0 aromatic carbocycles. The molecule has 0 radical (unpaired) electrons. The standard InChI is InChI=1S/C22H29F2NS2/c1-20-8-9-21(10-11-26-27-21)12-14(20)2-4-16-17(20)6-7-22(19(23)24)15(13-25)3-5-18(16)22/h12,15-19H,2-11H2,1H3/t15-,16+,17-,18-,20-,21?,22-/m0/s1. The third-order valence-corrected chi connectivity index (χ3v) is 12.4. The molecule has 3 saturated carbocycles. The molecule has 148 valence electrons. The van der Waals surface area contributed by atoms with Crippen LogP contribution >= 0.6 is 21.6 Å². The molecule has 1 unspecified atom stereocenters. The molecular weight excluding hydrogens is 380 g/mol. The predicted octanol–water partition coefficient (Wildman–Crippen LogP) is 6.86. The Bertz CT molecular complexity index is 695. The van der Waals surface area contributed by atoms with Crippen LogP contribution in [0, 0.1) is 45.8 Å². The van der Waals surface area contributed by atoms with E-state index >= 15 is 0 Å². The number of hydrogen-bond donors (Lipinski definition) is 0. The lowest BCUT2D eigenvalue weighted by atomic mass is 9.46. The molecule has 1 spiro atoms. The molecule has 5 heteroatoms. The van der Waals surface area contributed by atoms with Gasteiger partial charge in [0, 0.05) is 10.5 Å². The molecule has 0 aromatic heterocycles. The minimum atomic E-state index is -2.35. The Labute approximate surface area is 169 Å². The van der Waals surface area contributed by atoms with Crippen LogP contribution in [0.25, 0.3) is 0 Å². The maximum Gasteiger partial charge on any atom is 0.245 e. The Kier molecular flexibility index (Phi) is 4.45. The van der Waals surface area contributed by atoms with E-state index in [1.807, 2.05) is 10.8 Å². The summed E-state index contributed by atoms with van der Waals surface area (Å²) in [6.45, 7) is 2.45. The number of fused-ring (bicyclic) bond motifs is 5. The van der Waals surface area contributed by atoms with Gasteiger partial charge in [-0.25, -0.2) is 8.78 Å². The van der Waals surface area contributed by atoms with Crippen LogP contribution < -0.4 is 0 Å². The molecule has 4 fully saturated rings. The summed E-state index contributed by atoms with van der Waals surface area (Å²) in [5, 5.41) is 9.57. The first-order valence-corrected chi connectivity index (χ1v) is 13.0. The van der Waals surface area contributed by atoms with Crippen molar-refractivity contribution in [3.63, 3.8) is 0 Å². The molecule has 1 nitrogen and oxygen atoms in total. The lowest BCUT2D eigenvalue weighted by Gasteiger charge is -2.59. The first kappa shape index (κ1) is 18.8.